The van der Waals surface area contributed by atoms with Gasteiger partial charge in [-0.2, -0.15) is 0 Å². The van der Waals surface area contributed by atoms with Crippen molar-refractivity contribution in [1.29, 1.82) is 0 Å². The Balaban J connectivity index is 0.00000117. The van der Waals surface area contributed by atoms with Crippen LogP contribution >= 0.6 is 22.9 Å². The smallest absolute Gasteiger partial charge is 0.263 e. The SMILES string of the molecule is CC.Cc1sc(-c2ccc(Cl)c(F)c2)c2c(=O)n(CC(=O)N3CCCC3)cnc12. The molecule has 0 radical (unpaired) electrons. The van der Waals surface area contributed by atoms with Gasteiger partial charge in [0.25, 0.3) is 5.56 Å². The zero-order chi connectivity index (χ0) is 21.1. The second-order valence-electron chi connectivity index (χ2n) is 6.61. The third-order valence-electron chi connectivity index (χ3n) is 4.80. The molecule has 3 aromatic rings. The molecule has 0 N–H and O–H groups in total. The summed E-state index contributed by atoms with van der Waals surface area (Å²) in [5.41, 5.74) is 0.866. The highest BCUT2D eigenvalue weighted by molar-refractivity contribution is 7.17. The van der Waals surface area contributed by atoms with Crippen molar-refractivity contribution in [3.05, 3.63) is 50.6 Å². The lowest BCUT2D eigenvalue weighted by atomic mass is 10.1. The minimum atomic E-state index is -0.540. The van der Waals surface area contributed by atoms with Crippen LogP contribution in [0.15, 0.2) is 29.3 Å². The predicted molar refractivity (Wildman–Crippen MR) is 116 cm³/mol. The van der Waals surface area contributed by atoms with E-state index in [1.165, 1.54) is 34.4 Å². The number of nitrogens with zero attached hydrogens (tertiary/aromatic N) is 3. The highest BCUT2D eigenvalue weighted by Gasteiger charge is 2.21. The van der Waals surface area contributed by atoms with E-state index in [1.807, 2.05) is 20.8 Å². The van der Waals surface area contributed by atoms with Crippen LogP contribution in [0.1, 0.15) is 31.6 Å². The van der Waals surface area contributed by atoms with Gasteiger partial charge in [0.15, 0.2) is 0 Å². The normalized spacial score (nSPS) is 13.5. The number of hydrogen-bond acceptors (Lipinski definition) is 4. The number of benzene rings is 1. The average molecular weight is 436 g/mol. The molecule has 1 saturated heterocycles. The van der Waals surface area contributed by atoms with Crippen molar-refractivity contribution in [2.24, 2.45) is 0 Å². The standard InChI is InChI=1S/C19H17ClFN3O2S.C2H6/c1-11-17-16(18(27-11)12-4-5-13(20)14(21)8-12)19(26)24(10-22-17)9-15(25)23-6-2-3-7-23;1-2/h4-5,8,10H,2-3,6-7,9H2,1H3;1-2H3. The maximum Gasteiger partial charge on any atom is 0.263 e. The average Bonchev–Trinajstić information content (AvgIpc) is 3.37. The minimum absolute atomic E-state index is 0.0306. The van der Waals surface area contributed by atoms with E-state index in [9.17, 15) is 14.0 Å². The van der Waals surface area contributed by atoms with E-state index in [0.29, 0.717) is 21.3 Å². The second-order valence-corrected chi connectivity index (χ2v) is 8.24. The van der Waals surface area contributed by atoms with Crippen LogP contribution in [0.4, 0.5) is 4.39 Å². The van der Waals surface area contributed by atoms with Crippen molar-refractivity contribution in [2.45, 2.75) is 40.2 Å². The number of amides is 1. The van der Waals surface area contributed by atoms with Crippen LogP contribution in [0, 0.1) is 12.7 Å². The van der Waals surface area contributed by atoms with Gasteiger partial charge in [0.1, 0.15) is 12.4 Å². The van der Waals surface area contributed by atoms with Gasteiger partial charge in [-0.3, -0.25) is 14.2 Å². The van der Waals surface area contributed by atoms with Gasteiger partial charge in [-0.25, -0.2) is 9.37 Å². The van der Waals surface area contributed by atoms with E-state index in [-0.39, 0.29) is 23.0 Å². The Bertz CT molecular complexity index is 1100. The zero-order valence-electron chi connectivity index (χ0n) is 16.7. The van der Waals surface area contributed by atoms with Gasteiger partial charge in [0, 0.05) is 22.8 Å². The largest absolute Gasteiger partial charge is 0.341 e. The molecule has 0 spiro atoms. The van der Waals surface area contributed by atoms with Crippen molar-refractivity contribution in [1.82, 2.24) is 14.5 Å². The van der Waals surface area contributed by atoms with Crippen molar-refractivity contribution in [3.8, 4) is 10.4 Å². The highest BCUT2D eigenvalue weighted by atomic mass is 35.5. The summed E-state index contributed by atoms with van der Waals surface area (Å²) in [6.07, 6.45) is 3.41. The lowest BCUT2D eigenvalue weighted by Crippen LogP contribution is -2.34. The maximum atomic E-state index is 13.9. The van der Waals surface area contributed by atoms with Crippen LogP contribution in [-0.2, 0) is 11.3 Å². The number of likely N-dealkylation sites (tertiary alicyclic amines) is 1. The van der Waals surface area contributed by atoms with Crippen molar-refractivity contribution < 1.29 is 9.18 Å². The summed E-state index contributed by atoms with van der Waals surface area (Å²) in [6.45, 7) is 7.30. The molecule has 0 aliphatic carbocycles. The Labute approximate surface area is 177 Å². The van der Waals surface area contributed by atoms with E-state index >= 15 is 0 Å². The predicted octanol–water partition coefficient (Wildman–Crippen LogP) is 4.87. The fraction of sp³-hybridized carbons (Fsp3) is 0.381. The first-order valence-corrected chi connectivity index (χ1v) is 10.9. The summed E-state index contributed by atoms with van der Waals surface area (Å²) in [5, 5.41) is 0.444. The van der Waals surface area contributed by atoms with Gasteiger partial charge in [0.2, 0.25) is 5.91 Å². The van der Waals surface area contributed by atoms with E-state index in [1.54, 1.807) is 11.0 Å². The molecule has 0 unspecified atom stereocenters. The second kappa shape index (κ2) is 9.05. The minimum Gasteiger partial charge on any atom is -0.341 e. The van der Waals surface area contributed by atoms with Crippen LogP contribution < -0.4 is 5.56 Å². The van der Waals surface area contributed by atoms with E-state index in [0.717, 1.165) is 30.8 Å². The van der Waals surface area contributed by atoms with Gasteiger partial charge < -0.3 is 4.90 Å². The maximum absolute atomic E-state index is 13.9. The Kier molecular flexibility index (Phi) is 6.70. The van der Waals surface area contributed by atoms with Crippen molar-refractivity contribution >= 4 is 39.7 Å². The number of hydrogen-bond donors (Lipinski definition) is 0. The highest BCUT2D eigenvalue weighted by Crippen LogP contribution is 2.36. The molecule has 0 saturated carbocycles. The topological polar surface area (TPSA) is 55.2 Å². The molecule has 4 rings (SSSR count). The first-order valence-electron chi connectivity index (χ1n) is 9.67. The van der Waals surface area contributed by atoms with Gasteiger partial charge in [-0.1, -0.05) is 31.5 Å². The molecule has 154 valence electrons. The number of halogens is 2. The van der Waals surface area contributed by atoms with Crippen molar-refractivity contribution in [3.63, 3.8) is 0 Å². The summed E-state index contributed by atoms with van der Waals surface area (Å²) in [6, 6.07) is 4.47. The Morgan fingerprint density at radius 1 is 1.28 bits per heavy atom. The lowest BCUT2D eigenvalue weighted by Gasteiger charge is -2.15. The number of carbonyl (C=O) groups excluding carboxylic acids is 1. The zero-order valence-corrected chi connectivity index (χ0v) is 18.2. The summed E-state index contributed by atoms with van der Waals surface area (Å²) < 4.78 is 15.3. The van der Waals surface area contributed by atoms with Crippen LogP contribution in [0.2, 0.25) is 5.02 Å². The molecule has 1 fully saturated rings. The van der Waals surface area contributed by atoms with Crippen LogP contribution in [0.3, 0.4) is 0 Å². The van der Waals surface area contributed by atoms with E-state index in [4.69, 9.17) is 11.6 Å². The van der Waals surface area contributed by atoms with E-state index in [2.05, 4.69) is 4.98 Å². The molecule has 1 aromatic carbocycles. The van der Waals surface area contributed by atoms with Gasteiger partial charge in [-0.05, 0) is 37.5 Å². The van der Waals surface area contributed by atoms with Crippen LogP contribution in [0.25, 0.3) is 21.3 Å². The molecule has 29 heavy (non-hydrogen) atoms. The molecule has 1 aliphatic heterocycles. The summed E-state index contributed by atoms with van der Waals surface area (Å²) in [7, 11) is 0. The van der Waals surface area contributed by atoms with Crippen LogP contribution in [0.5, 0.6) is 0 Å². The molecule has 5 nitrogen and oxygen atoms in total. The van der Waals surface area contributed by atoms with Crippen molar-refractivity contribution in [2.75, 3.05) is 13.1 Å². The number of carbonyl (C=O) groups is 1. The molecule has 3 heterocycles. The van der Waals surface area contributed by atoms with Gasteiger partial charge >= 0.3 is 0 Å². The number of fused-ring (bicyclic) bond motifs is 1. The Morgan fingerprint density at radius 3 is 2.62 bits per heavy atom. The lowest BCUT2D eigenvalue weighted by molar-refractivity contribution is -0.130. The summed E-state index contributed by atoms with van der Waals surface area (Å²) in [5.74, 6) is -0.622. The molecule has 8 heteroatoms. The van der Waals surface area contributed by atoms with Gasteiger partial charge in [-0.15, -0.1) is 11.3 Å². The third kappa shape index (κ3) is 4.21. The molecule has 1 aliphatic rings. The van der Waals surface area contributed by atoms with E-state index < -0.39 is 5.82 Å². The summed E-state index contributed by atoms with van der Waals surface area (Å²) >= 11 is 7.16. The first-order chi connectivity index (χ1) is 14.0. The van der Waals surface area contributed by atoms with Crippen LogP contribution in [-0.4, -0.2) is 33.4 Å². The number of aryl methyl sites for hydroxylation is 1. The quantitative estimate of drug-likeness (QED) is 0.589. The van der Waals surface area contributed by atoms with Gasteiger partial charge in [0.05, 0.1) is 22.3 Å². The molecule has 0 atom stereocenters. The Morgan fingerprint density at radius 2 is 1.97 bits per heavy atom. The molecule has 2 aromatic heterocycles. The summed E-state index contributed by atoms with van der Waals surface area (Å²) in [4.78, 5) is 33.2. The first kappa shape index (κ1) is 21.5. The third-order valence-corrected chi connectivity index (χ3v) is 6.25. The Hall–Kier alpha value is -2.25. The molecular weight excluding hydrogens is 413 g/mol. The molecule has 0 bridgehead atoms. The molecular formula is C21H23ClFN3O2S. The molecule has 1 amide bonds. The number of rotatable bonds is 3. The fourth-order valence-electron chi connectivity index (χ4n) is 3.38. The monoisotopic (exact) mass is 435 g/mol. The number of thiophene rings is 1. The number of aromatic nitrogens is 2. The fourth-order valence-corrected chi connectivity index (χ4v) is 4.58.